The number of carbonyl (C=O) groups excluding carboxylic acids is 1. The lowest BCUT2D eigenvalue weighted by molar-refractivity contribution is -0.169. The minimum atomic E-state index is -5.40. The lowest BCUT2D eigenvalue weighted by Crippen LogP contribution is -2.33. The van der Waals surface area contributed by atoms with Gasteiger partial charge in [0.1, 0.15) is 5.75 Å². The molecular weight excluding hydrogens is 397 g/mol. The molecule has 0 saturated carbocycles. The summed E-state index contributed by atoms with van der Waals surface area (Å²) in [5.41, 5.74) is 0. The van der Waals surface area contributed by atoms with Crippen molar-refractivity contribution in [2.24, 2.45) is 0 Å². The van der Waals surface area contributed by atoms with Crippen LogP contribution in [0.15, 0.2) is 30.3 Å². The van der Waals surface area contributed by atoms with Gasteiger partial charge in [0.25, 0.3) is 5.85 Å². The Morgan fingerprint density at radius 2 is 1.46 bits per heavy atom. The van der Waals surface area contributed by atoms with E-state index in [4.69, 9.17) is 4.74 Å². The average Bonchev–Trinajstić information content (AvgIpc) is 2.55. The van der Waals surface area contributed by atoms with E-state index < -0.39 is 45.0 Å². The highest BCUT2D eigenvalue weighted by molar-refractivity contribution is 7.55. The predicted molar refractivity (Wildman–Crippen MR) is 74.5 cm³/mol. The summed E-state index contributed by atoms with van der Waals surface area (Å²) in [5, 5.41) is 0. The van der Waals surface area contributed by atoms with E-state index in [-0.39, 0.29) is 5.75 Å². The second kappa shape index (κ2) is 8.74. The summed E-state index contributed by atoms with van der Waals surface area (Å²) in [6.45, 7) is -4.46. The third kappa shape index (κ3) is 7.63. The van der Waals surface area contributed by atoms with Crippen LogP contribution >= 0.6 is 7.60 Å². The van der Waals surface area contributed by atoms with Gasteiger partial charge >= 0.3 is 25.9 Å². The molecule has 1 rings (SSSR count). The Balaban J connectivity index is 3.17. The van der Waals surface area contributed by atoms with Crippen molar-refractivity contribution in [1.82, 2.24) is 0 Å². The van der Waals surface area contributed by atoms with Crippen LogP contribution in [0, 0.1) is 0 Å². The summed E-state index contributed by atoms with van der Waals surface area (Å²) in [4.78, 5) is 11.8. The lowest BCUT2D eigenvalue weighted by atomic mass is 10.3. The van der Waals surface area contributed by atoms with Crippen molar-refractivity contribution < 1.29 is 54.2 Å². The minimum Gasteiger partial charge on any atom is -0.466 e. The largest absolute Gasteiger partial charge is 0.466 e. The number of halogens is 6. The van der Waals surface area contributed by atoms with Crippen molar-refractivity contribution in [2.75, 3.05) is 20.3 Å². The average molecular weight is 410 g/mol. The number of benzene rings is 1. The number of methoxy groups -OCH3 is 1. The molecule has 0 radical (unpaired) electrons. The van der Waals surface area contributed by atoms with E-state index in [1.165, 1.54) is 30.3 Å². The number of carbonyl (C=O) groups is 1. The first kappa shape index (κ1) is 22.3. The number of hydrogen-bond acceptors (Lipinski definition) is 6. The maximum absolute atomic E-state index is 12.5. The van der Waals surface area contributed by atoms with E-state index in [9.17, 15) is 35.7 Å². The molecule has 0 fully saturated rings. The van der Waals surface area contributed by atoms with E-state index >= 15 is 0 Å². The van der Waals surface area contributed by atoms with Crippen molar-refractivity contribution >= 4 is 13.6 Å². The molecular formula is C13H13F6O6P. The fourth-order valence-electron chi connectivity index (χ4n) is 1.47. The fraction of sp³-hybridized carbons (Fsp3) is 0.462. The van der Waals surface area contributed by atoms with Gasteiger partial charge in [-0.1, -0.05) is 18.2 Å². The van der Waals surface area contributed by atoms with Gasteiger partial charge < -0.3 is 9.47 Å². The maximum Gasteiger partial charge on any atom is 0.412 e. The predicted octanol–water partition coefficient (Wildman–Crippen LogP) is 3.92. The van der Waals surface area contributed by atoms with Crippen LogP contribution in [0.1, 0.15) is 0 Å². The summed E-state index contributed by atoms with van der Waals surface area (Å²) < 4.78 is 104. The van der Waals surface area contributed by atoms with Crippen molar-refractivity contribution in [2.45, 2.75) is 18.2 Å². The molecule has 0 spiro atoms. The van der Waals surface area contributed by atoms with Gasteiger partial charge in [-0.05, 0) is 12.1 Å². The standard InChI is InChI=1S/C13H13F6O6P/c1-22-10(20)11(25-9-5-3-2-4-6-9)26(21,23-7-12(14,15)16)24-8-13(17,18)19/h2-6,11H,7-8H2,1H3. The van der Waals surface area contributed by atoms with Crippen LogP contribution in [0.5, 0.6) is 5.75 Å². The summed E-state index contributed by atoms with van der Waals surface area (Å²) in [6.07, 6.45) is -10.1. The van der Waals surface area contributed by atoms with Crippen LogP contribution in [0.25, 0.3) is 0 Å². The van der Waals surface area contributed by atoms with Gasteiger partial charge in [-0.25, -0.2) is 4.79 Å². The van der Waals surface area contributed by atoms with E-state index in [0.29, 0.717) is 0 Å². The Bertz CT molecular complexity index is 610. The molecule has 13 heteroatoms. The van der Waals surface area contributed by atoms with Crippen LogP contribution in [0.4, 0.5) is 26.3 Å². The Morgan fingerprint density at radius 1 is 1.00 bits per heavy atom. The van der Waals surface area contributed by atoms with Crippen LogP contribution in [-0.2, 0) is 23.1 Å². The molecule has 0 saturated heterocycles. The summed E-state index contributed by atoms with van der Waals surface area (Å²) >= 11 is 0. The van der Waals surface area contributed by atoms with Crippen molar-refractivity contribution in [1.29, 1.82) is 0 Å². The van der Waals surface area contributed by atoms with Crippen molar-refractivity contribution in [3.05, 3.63) is 30.3 Å². The third-order valence-corrected chi connectivity index (χ3v) is 4.37. The second-order valence-electron chi connectivity index (χ2n) is 4.62. The summed E-state index contributed by atoms with van der Waals surface area (Å²) in [7, 11) is -4.63. The Kier molecular flexibility index (Phi) is 7.48. The number of ether oxygens (including phenoxy) is 2. The van der Waals surface area contributed by atoms with Gasteiger partial charge in [0.2, 0.25) is 0 Å². The van der Waals surface area contributed by atoms with Crippen LogP contribution in [-0.4, -0.2) is 44.5 Å². The normalized spacial score (nSPS) is 14.0. The molecule has 1 unspecified atom stereocenters. The Labute approximate surface area is 143 Å². The summed E-state index contributed by atoms with van der Waals surface area (Å²) in [6, 6.07) is 6.73. The Morgan fingerprint density at radius 3 is 1.85 bits per heavy atom. The number of para-hydroxylation sites is 1. The smallest absolute Gasteiger partial charge is 0.412 e. The number of alkyl halides is 6. The number of esters is 1. The maximum atomic E-state index is 12.5. The molecule has 1 atom stereocenters. The zero-order chi connectivity index (χ0) is 20.0. The first-order chi connectivity index (χ1) is 11.9. The zero-order valence-electron chi connectivity index (χ0n) is 13.0. The van der Waals surface area contributed by atoms with Gasteiger partial charge in [0.05, 0.1) is 7.11 Å². The molecule has 0 aliphatic carbocycles. The minimum absolute atomic E-state index is 0.186. The molecule has 0 N–H and O–H groups in total. The molecule has 0 aliphatic heterocycles. The number of hydrogen-bond donors (Lipinski definition) is 0. The monoisotopic (exact) mass is 410 g/mol. The zero-order valence-corrected chi connectivity index (χ0v) is 13.9. The van der Waals surface area contributed by atoms with Gasteiger partial charge in [-0.2, -0.15) is 26.3 Å². The molecule has 1 aromatic carbocycles. The second-order valence-corrected chi connectivity index (χ2v) is 6.69. The first-order valence-corrected chi connectivity index (χ1v) is 8.29. The molecule has 0 amide bonds. The van der Waals surface area contributed by atoms with Gasteiger partial charge in [0, 0.05) is 0 Å². The van der Waals surface area contributed by atoms with Crippen molar-refractivity contribution in [3.63, 3.8) is 0 Å². The molecule has 0 bridgehead atoms. The molecule has 148 valence electrons. The fourth-order valence-corrected chi connectivity index (χ4v) is 3.08. The van der Waals surface area contributed by atoms with E-state index in [0.717, 1.165) is 7.11 Å². The van der Waals surface area contributed by atoms with Gasteiger partial charge in [-0.15, -0.1) is 0 Å². The first-order valence-electron chi connectivity index (χ1n) is 6.68. The quantitative estimate of drug-likeness (QED) is 0.368. The highest BCUT2D eigenvalue weighted by Crippen LogP contribution is 2.55. The molecule has 6 nitrogen and oxygen atoms in total. The van der Waals surface area contributed by atoms with E-state index in [1.54, 1.807) is 0 Å². The SMILES string of the molecule is COC(=O)C(Oc1ccccc1)P(=O)(OCC(F)(F)F)OCC(F)(F)F. The van der Waals surface area contributed by atoms with Crippen LogP contribution < -0.4 is 4.74 Å². The molecule has 0 aromatic heterocycles. The van der Waals surface area contributed by atoms with Crippen LogP contribution in [0.2, 0.25) is 0 Å². The lowest BCUT2D eigenvalue weighted by Gasteiger charge is -2.26. The summed E-state index contributed by atoms with van der Waals surface area (Å²) in [5.74, 6) is -4.23. The molecule has 1 aromatic rings. The molecule has 0 heterocycles. The van der Waals surface area contributed by atoms with Crippen LogP contribution in [0.3, 0.4) is 0 Å². The van der Waals surface area contributed by atoms with E-state index in [1.807, 2.05) is 0 Å². The molecule has 0 aliphatic rings. The topological polar surface area (TPSA) is 71.1 Å². The van der Waals surface area contributed by atoms with E-state index in [2.05, 4.69) is 13.8 Å². The van der Waals surface area contributed by atoms with Gasteiger partial charge in [0.15, 0.2) is 13.2 Å². The molecule has 26 heavy (non-hydrogen) atoms. The third-order valence-electron chi connectivity index (χ3n) is 2.50. The highest BCUT2D eigenvalue weighted by atomic mass is 31.2. The number of rotatable bonds is 8. The van der Waals surface area contributed by atoms with Gasteiger partial charge in [-0.3, -0.25) is 13.6 Å². The highest BCUT2D eigenvalue weighted by Gasteiger charge is 2.49. The van der Waals surface area contributed by atoms with Crippen molar-refractivity contribution in [3.8, 4) is 5.75 Å². The Hall–Kier alpha value is -1.78.